The number of anilines is 1. The highest BCUT2D eigenvalue weighted by atomic mass is 16.6. The molecule has 1 amide bonds. The van der Waals surface area contributed by atoms with E-state index in [2.05, 4.69) is 0 Å². The van der Waals surface area contributed by atoms with Crippen LogP contribution in [0.3, 0.4) is 0 Å². The molecule has 1 unspecified atom stereocenters. The summed E-state index contributed by atoms with van der Waals surface area (Å²) in [6.45, 7) is 1.46. The fourth-order valence-corrected chi connectivity index (χ4v) is 2.42. The van der Waals surface area contributed by atoms with Crippen molar-refractivity contribution < 1.29 is 19.4 Å². The topological polar surface area (TPSA) is 59.0 Å². The Morgan fingerprint density at radius 2 is 2.24 bits per heavy atom. The summed E-state index contributed by atoms with van der Waals surface area (Å²) in [7, 11) is 0. The molecule has 1 N–H and O–H groups in total. The van der Waals surface area contributed by atoms with Crippen molar-refractivity contribution in [1.82, 2.24) is 0 Å². The molecule has 0 bridgehead atoms. The normalized spacial score (nSPS) is 27.8. The van der Waals surface area contributed by atoms with Crippen LogP contribution in [0.4, 0.5) is 10.5 Å². The van der Waals surface area contributed by atoms with E-state index in [-0.39, 0.29) is 11.8 Å². The monoisotopic (exact) mass is 235 g/mol. The van der Waals surface area contributed by atoms with E-state index in [4.69, 9.17) is 9.47 Å². The van der Waals surface area contributed by atoms with Crippen LogP contribution in [0.2, 0.25) is 0 Å². The third-order valence-electron chi connectivity index (χ3n) is 3.29. The largest absolute Gasteiger partial charge is 0.508 e. The Bertz CT molecular complexity index is 454. The summed E-state index contributed by atoms with van der Waals surface area (Å²) in [4.78, 5) is 13.4. The molecule has 90 valence electrons. The zero-order valence-electron chi connectivity index (χ0n) is 9.26. The molecule has 2 fully saturated rings. The first kappa shape index (κ1) is 10.4. The van der Waals surface area contributed by atoms with Crippen molar-refractivity contribution >= 4 is 11.8 Å². The van der Waals surface area contributed by atoms with Crippen LogP contribution in [0.1, 0.15) is 6.42 Å². The molecule has 1 atom stereocenters. The Labute approximate surface area is 98.6 Å². The number of nitrogens with zero attached hydrogens (tertiary/aromatic N) is 1. The predicted octanol–water partition coefficient (Wildman–Crippen LogP) is 1.51. The maximum absolute atomic E-state index is 11.8. The van der Waals surface area contributed by atoms with Gasteiger partial charge in [-0.15, -0.1) is 0 Å². The number of amides is 1. The fraction of sp³-hybridized carbons (Fsp3) is 0.417. The van der Waals surface area contributed by atoms with E-state index in [0.717, 1.165) is 6.42 Å². The molecule has 17 heavy (non-hydrogen) atoms. The lowest BCUT2D eigenvalue weighted by Crippen LogP contribution is -2.48. The zero-order valence-corrected chi connectivity index (χ0v) is 9.26. The van der Waals surface area contributed by atoms with Crippen molar-refractivity contribution in [3.63, 3.8) is 0 Å². The number of cyclic esters (lactones) is 1. The standard InChI is InChI=1S/C12H13NO4/c14-10-3-1-2-9(6-10)13-11(15)17-8-12(13)4-5-16-7-12/h1-3,6,14H,4-5,7-8H2. The van der Waals surface area contributed by atoms with Crippen LogP contribution in [0, 0.1) is 0 Å². The zero-order chi connectivity index (χ0) is 11.9. The number of carbonyl (C=O) groups is 1. The van der Waals surface area contributed by atoms with Gasteiger partial charge < -0.3 is 14.6 Å². The van der Waals surface area contributed by atoms with Crippen molar-refractivity contribution in [2.24, 2.45) is 0 Å². The molecule has 2 aliphatic rings. The Morgan fingerprint density at radius 3 is 2.94 bits per heavy atom. The summed E-state index contributed by atoms with van der Waals surface area (Å²) in [5.74, 6) is 0.135. The van der Waals surface area contributed by atoms with Crippen molar-refractivity contribution in [2.45, 2.75) is 12.0 Å². The average Bonchev–Trinajstić information content (AvgIpc) is 2.88. The number of phenolic OH excluding ortho intramolecular Hbond substituents is 1. The van der Waals surface area contributed by atoms with Crippen LogP contribution in [0.25, 0.3) is 0 Å². The molecular weight excluding hydrogens is 222 g/mol. The van der Waals surface area contributed by atoms with E-state index in [0.29, 0.717) is 25.5 Å². The minimum absolute atomic E-state index is 0.135. The van der Waals surface area contributed by atoms with Gasteiger partial charge >= 0.3 is 6.09 Å². The van der Waals surface area contributed by atoms with Crippen LogP contribution in [0.15, 0.2) is 24.3 Å². The van der Waals surface area contributed by atoms with Crippen LogP contribution >= 0.6 is 0 Å². The van der Waals surface area contributed by atoms with E-state index < -0.39 is 5.54 Å². The summed E-state index contributed by atoms with van der Waals surface area (Å²) in [5.41, 5.74) is 0.253. The minimum atomic E-state index is -0.398. The predicted molar refractivity (Wildman–Crippen MR) is 60.1 cm³/mol. The molecule has 0 radical (unpaired) electrons. The molecule has 2 saturated heterocycles. The second-order valence-electron chi connectivity index (χ2n) is 4.44. The van der Waals surface area contributed by atoms with Gasteiger partial charge in [0.15, 0.2) is 0 Å². The minimum Gasteiger partial charge on any atom is -0.508 e. The number of hydrogen-bond acceptors (Lipinski definition) is 4. The first-order valence-corrected chi connectivity index (χ1v) is 5.55. The van der Waals surface area contributed by atoms with Gasteiger partial charge in [0.1, 0.15) is 17.9 Å². The molecule has 1 aromatic carbocycles. The maximum atomic E-state index is 11.8. The Morgan fingerprint density at radius 1 is 1.35 bits per heavy atom. The maximum Gasteiger partial charge on any atom is 0.415 e. The van der Waals surface area contributed by atoms with Gasteiger partial charge in [-0.3, -0.25) is 4.90 Å². The molecular formula is C12H13NO4. The van der Waals surface area contributed by atoms with E-state index in [1.165, 1.54) is 0 Å². The molecule has 0 aromatic heterocycles. The highest BCUT2D eigenvalue weighted by Crippen LogP contribution is 2.37. The van der Waals surface area contributed by atoms with Crippen molar-refractivity contribution in [2.75, 3.05) is 24.7 Å². The Hall–Kier alpha value is -1.75. The molecule has 3 rings (SSSR count). The fourth-order valence-electron chi connectivity index (χ4n) is 2.42. The van der Waals surface area contributed by atoms with E-state index in [1.54, 1.807) is 29.2 Å². The number of benzene rings is 1. The first-order chi connectivity index (χ1) is 8.21. The lowest BCUT2D eigenvalue weighted by molar-refractivity contribution is 0.156. The number of carbonyl (C=O) groups excluding carboxylic acids is 1. The van der Waals surface area contributed by atoms with Crippen LogP contribution in [-0.4, -0.2) is 36.6 Å². The van der Waals surface area contributed by atoms with Gasteiger partial charge in [-0.05, 0) is 12.1 Å². The van der Waals surface area contributed by atoms with Gasteiger partial charge in [-0.1, -0.05) is 6.07 Å². The first-order valence-electron chi connectivity index (χ1n) is 5.55. The Balaban J connectivity index is 2.01. The molecule has 0 saturated carbocycles. The van der Waals surface area contributed by atoms with Crippen LogP contribution in [0.5, 0.6) is 5.75 Å². The second-order valence-corrected chi connectivity index (χ2v) is 4.44. The SMILES string of the molecule is O=C1OCC2(CCOC2)N1c1cccc(O)c1. The molecule has 2 heterocycles. The van der Waals surface area contributed by atoms with Crippen molar-refractivity contribution in [3.05, 3.63) is 24.3 Å². The highest BCUT2D eigenvalue weighted by Gasteiger charge is 2.50. The summed E-state index contributed by atoms with van der Waals surface area (Å²) in [5, 5.41) is 9.48. The number of aromatic hydroxyl groups is 1. The molecule has 0 aliphatic carbocycles. The van der Waals surface area contributed by atoms with Gasteiger partial charge in [0.2, 0.25) is 0 Å². The van der Waals surface area contributed by atoms with Crippen molar-refractivity contribution in [3.8, 4) is 5.75 Å². The molecule has 5 nitrogen and oxygen atoms in total. The summed E-state index contributed by atoms with van der Waals surface area (Å²) in [6.07, 6.45) is 0.384. The summed E-state index contributed by atoms with van der Waals surface area (Å²) in [6, 6.07) is 6.63. The van der Waals surface area contributed by atoms with Gasteiger partial charge in [-0.2, -0.15) is 0 Å². The summed E-state index contributed by atoms with van der Waals surface area (Å²) < 4.78 is 10.5. The van der Waals surface area contributed by atoms with Gasteiger partial charge in [0.05, 0.1) is 12.3 Å². The second kappa shape index (κ2) is 3.63. The van der Waals surface area contributed by atoms with E-state index >= 15 is 0 Å². The summed E-state index contributed by atoms with van der Waals surface area (Å²) >= 11 is 0. The van der Waals surface area contributed by atoms with Crippen LogP contribution in [-0.2, 0) is 9.47 Å². The van der Waals surface area contributed by atoms with Crippen molar-refractivity contribution in [1.29, 1.82) is 0 Å². The number of phenols is 1. The number of ether oxygens (including phenoxy) is 2. The highest BCUT2D eigenvalue weighted by molar-refractivity contribution is 5.92. The lowest BCUT2D eigenvalue weighted by Gasteiger charge is -2.29. The van der Waals surface area contributed by atoms with E-state index in [9.17, 15) is 9.90 Å². The van der Waals surface area contributed by atoms with Gasteiger partial charge in [0, 0.05) is 19.1 Å². The third kappa shape index (κ3) is 1.54. The number of rotatable bonds is 1. The van der Waals surface area contributed by atoms with Gasteiger partial charge in [-0.25, -0.2) is 4.79 Å². The van der Waals surface area contributed by atoms with Crippen LogP contribution < -0.4 is 4.90 Å². The third-order valence-corrected chi connectivity index (χ3v) is 3.29. The molecule has 5 heteroatoms. The number of hydrogen-bond donors (Lipinski definition) is 1. The smallest absolute Gasteiger partial charge is 0.415 e. The Kier molecular flexibility index (Phi) is 2.22. The molecule has 1 spiro atoms. The average molecular weight is 235 g/mol. The molecule has 1 aromatic rings. The van der Waals surface area contributed by atoms with E-state index in [1.807, 2.05) is 0 Å². The molecule has 2 aliphatic heterocycles. The lowest BCUT2D eigenvalue weighted by atomic mass is 9.98. The van der Waals surface area contributed by atoms with Gasteiger partial charge in [0.25, 0.3) is 0 Å². The quantitative estimate of drug-likeness (QED) is 0.801.